The summed E-state index contributed by atoms with van der Waals surface area (Å²) in [7, 11) is 0. The number of nitrogens with zero attached hydrogens (tertiary/aromatic N) is 1. The first-order valence-corrected chi connectivity index (χ1v) is 9.53. The Morgan fingerprint density at radius 1 is 1.03 bits per heavy atom. The lowest BCUT2D eigenvalue weighted by molar-refractivity contribution is -0.138. The first kappa shape index (κ1) is 21.0. The molecule has 0 radical (unpaired) electrons. The SMILES string of the molecule is NC(Cc1ccc(OCCNC(=O)c2ccc(-c3ccccn3)cc2)cc1)C(=O)O. The van der Waals surface area contributed by atoms with Gasteiger partial charge in [-0.25, -0.2) is 0 Å². The number of carboxylic acid groups (broad SMARTS) is 1. The van der Waals surface area contributed by atoms with Crippen LogP contribution in [0.4, 0.5) is 0 Å². The number of hydrogen-bond donors (Lipinski definition) is 3. The van der Waals surface area contributed by atoms with Gasteiger partial charge in [0.05, 0.1) is 12.2 Å². The Bertz CT molecular complexity index is 974. The Hall–Kier alpha value is -3.71. The second-order valence-corrected chi connectivity index (χ2v) is 6.69. The third-order valence-corrected chi connectivity index (χ3v) is 4.46. The predicted octanol–water partition coefficient (Wildman–Crippen LogP) is 2.51. The molecule has 1 aromatic heterocycles. The van der Waals surface area contributed by atoms with Crippen LogP contribution in [0.15, 0.2) is 72.9 Å². The molecule has 0 saturated carbocycles. The molecule has 4 N–H and O–H groups in total. The number of carboxylic acids is 1. The minimum Gasteiger partial charge on any atom is -0.492 e. The highest BCUT2D eigenvalue weighted by Crippen LogP contribution is 2.17. The van der Waals surface area contributed by atoms with Gasteiger partial charge in [-0.1, -0.05) is 30.3 Å². The summed E-state index contributed by atoms with van der Waals surface area (Å²) in [4.78, 5) is 27.4. The Labute approximate surface area is 174 Å². The molecule has 154 valence electrons. The van der Waals surface area contributed by atoms with E-state index in [1.54, 1.807) is 42.6 Å². The number of benzene rings is 2. The fourth-order valence-electron chi connectivity index (χ4n) is 2.82. The summed E-state index contributed by atoms with van der Waals surface area (Å²) in [5.74, 6) is -0.571. The van der Waals surface area contributed by atoms with E-state index in [0.717, 1.165) is 16.8 Å². The number of amides is 1. The zero-order valence-electron chi connectivity index (χ0n) is 16.3. The fraction of sp³-hybridized carbons (Fsp3) is 0.174. The first-order valence-electron chi connectivity index (χ1n) is 9.53. The van der Waals surface area contributed by atoms with Crippen LogP contribution in [0.1, 0.15) is 15.9 Å². The van der Waals surface area contributed by atoms with Crippen molar-refractivity contribution in [2.45, 2.75) is 12.5 Å². The third-order valence-electron chi connectivity index (χ3n) is 4.46. The zero-order valence-corrected chi connectivity index (χ0v) is 16.3. The summed E-state index contributed by atoms with van der Waals surface area (Å²) >= 11 is 0. The van der Waals surface area contributed by atoms with Gasteiger partial charge in [0.2, 0.25) is 0 Å². The van der Waals surface area contributed by atoms with Gasteiger partial charge in [-0.05, 0) is 48.4 Å². The molecule has 30 heavy (non-hydrogen) atoms. The molecule has 0 aliphatic rings. The van der Waals surface area contributed by atoms with E-state index < -0.39 is 12.0 Å². The van der Waals surface area contributed by atoms with E-state index in [9.17, 15) is 9.59 Å². The van der Waals surface area contributed by atoms with Crippen LogP contribution in [-0.4, -0.2) is 41.2 Å². The molecule has 7 heteroatoms. The number of carbonyl (C=O) groups is 2. The highest BCUT2D eigenvalue weighted by Gasteiger charge is 2.12. The minimum atomic E-state index is -1.03. The molecule has 0 aliphatic carbocycles. The number of hydrogen-bond acceptors (Lipinski definition) is 5. The highest BCUT2D eigenvalue weighted by molar-refractivity contribution is 5.94. The fourth-order valence-corrected chi connectivity index (χ4v) is 2.82. The van der Waals surface area contributed by atoms with E-state index in [4.69, 9.17) is 15.6 Å². The lowest BCUT2D eigenvalue weighted by Gasteiger charge is -2.10. The molecule has 0 fully saturated rings. The van der Waals surface area contributed by atoms with Crippen molar-refractivity contribution in [2.24, 2.45) is 5.73 Å². The van der Waals surface area contributed by atoms with Crippen molar-refractivity contribution in [1.29, 1.82) is 0 Å². The topological polar surface area (TPSA) is 115 Å². The van der Waals surface area contributed by atoms with Crippen LogP contribution in [0.3, 0.4) is 0 Å². The standard InChI is InChI=1S/C23H23N3O4/c24-20(23(28)29)15-16-4-10-19(11-5-16)30-14-13-26-22(27)18-8-6-17(7-9-18)21-3-1-2-12-25-21/h1-12,20H,13-15,24H2,(H,26,27)(H,28,29). The van der Waals surface area contributed by atoms with E-state index >= 15 is 0 Å². The molecular weight excluding hydrogens is 382 g/mol. The molecule has 1 amide bonds. The lowest BCUT2D eigenvalue weighted by Crippen LogP contribution is -2.32. The number of nitrogens with two attached hydrogens (primary N) is 1. The van der Waals surface area contributed by atoms with Gasteiger partial charge in [0.1, 0.15) is 18.4 Å². The highest BCUT2D eigenvalue weighted by atomic mass is 16.5. The Balaban J connectivity index is 1.43. The van der Waals surface area contributed by atoms with Gasteiger partial charge >= 0.3 is 5.97 Å². The number of rotatable bonds is 9. The molecule has 3 rings (SSSR count). The monoisotopic (exact) mass is 405 g/mol. The second kappa shape index (κ2) is 10.2. The van der Waals surface area contributed by atoms with Crippen molar-refractivity contribution in [3.05, 3.63) is 84.1 Å². The number of ether oxygens (including phenoxy) is 1. The van der Waals surface area contributed by atoms with Crippen molar-refractivity contribution in [1.82, 2.24) is 10.3 Å². The van der Waals surface area contributed by atoms with Gasteiger partial charge in [0.25, 0.3) is 5.91 Å². The van der Waals surface area contributed by atoms with E-state index in [2.05, 4.69) is 10.3 Å². The van der Waals surface area contributed by atoms with E-state index in [1.807, 2.05) is 30.3 Å². The third kappa shape index (κ3) is 5.89. The number of pyridine rings is 1. The number of aliphatic carboxylic acids is 1. The predicted molar refractivity (Wildman–Crippen MR) is 113 cm³/mol. The number of nitrogens with one attached hydrogen (secondary N) is 1. The lowest BCUT2D eigenvalue weighted by atomic mass is 10.1. The van der Waals surface area contributed by atoms with Gasteiger partial charge in [0, 0.05) is 17.3 Å². The molecule has 1 heterocycles. The summed E-state index contributed by atoms with van der Waals surface area (Å²) in [6.45, 7) is 0.665. The van der Waals surface area contributed by atoms with E-state index in [0.29, 0.717) is 24.5 Å². The van der Waals surface area contributed by atoms with Crippen LogP contribution >= 0.6 is 0 Å². The maximum atomic E-state index is 12.3. The first-order chi connectivity index (χ1) is 14.5. The van der Waals surface area contributed by atoms with E-state index in [1.165, 1.54) is 0 Å². The molecule has 0 bridgehead atoms. The molecule has 1 atom stereocenters. The Kier molecular flexibility index (Phi) is 7.13. The number of carbonyl (C=O) groups excluding carboxylic acids is 1. The maximum Gasteiger partial charge on any atom is 0.320 e. The van der Waals surface area contributed by atoms with Crippen LogP contribution in [0.5, 0.6) is 5.75 Å². The summed E-state index contributed by atoms with van der Waals surface area (Å²) in [6, 6.07) is 19.1. The molecule has 0 aliphatic heterocycles. The minimum absolute atomic E-state index is 0.177. The van der Waals surface area contributed by atoms with Crippen LogP contribution in [0.25, 0.3) is 11.3 Å². The van der Waals surface area contributed by atoms with Crippen LogP contribution in [0.2, 0.25) is 0 Å². The molecule has 3 aromatic rings. The van der Waals surface area contributed by atoms with Gasteiger partial charge in [-0.2, -0.15) is 0 Å². The summed E-state index contributed by atoms with van der Waals surface area (Å²) in [5.41, 5.74) is 8.71. The quantitative estimate of drug-likeness (QED) is 0.471. The molecular formula is C23H23N3O4. The van der Waals surface area contributed by atoms with Gasteiger partial charge in [-0.15, -0.1) is 0 Å². The largest absolute Gasteiger partial charge is 0.492 e. The second-order valence-electron chi connectivity index (χ2n) is 6.69. The van der Waals surface area contributed by atoms with Gasteiger partial charge in [0.15, 0.2) is 0 Å². The maximum absolute atomic E-state index is 12.3. The van der Waals surface area contributed by atoms with Crippen molar-refractivity contribution in [3.8, 4) is 17.0 Å². The van der Waals surface area contributed by atoms with Crippen LogP contribution < -0.4 is 15.8 Å². The molecule has 2 aromatic carbocycles. The number of aromatic nitrogens is 1. The molecule has 1 unspecified atom stereocenters. The normalized spacial score (nSPS) is 11.5. The zero-order chi connectivity index (χ0) is 21.3. The van der Waals surface area contributed by atoms with E-state index in [-0.39, 0.29) is 12.3 Å². The Morgan fingerprint density at radius 3 is 2.40 bits per heavy atom. The smallest absolute Gasteiger partial charge is 0.320 e. The summed E-state index contributed by atoms with van der Waals surface area (Å²) < 4.78 is 5.61. The van der Waals surface area contributed by atoms with Gasteiger partial charge < -0.3 is 20.9 Å². The molecule has 0 spiro atoms. The summed E-state index contributed by atoms with van der Waals surface area (Å²) in [6.07, 6.45) is 1.99. The van der Waals surface area contributed by atoms with Crippen molar-refractivity contribution in [2.75, 3.05) is 13.2 Å². The van der Waals surface area contributed by atoms with Gasteiger partial charge in [-0.3, -0.25) is 14.6 Å². The van der Waals surface area contributed by atoms with Crippen LogP contribution in [-0.2, 0) is 11.2 Å². The average molecular weight is 405 g/mol. The summed E-state index contributed by atoms with van der Waals surface area (Å²) in [5, 5.41) is 11.7. The van der Waals surface area contributed by atoms with Crippen LogP contribution in [0, 0.1) is 0 Å². The Morgan fingerprint density at radius 2 is 1.77 bits per heavy atom. The van der Waals surface area contributed by atoms with Crippen molar-refractivity contribution < 1.29 is 19.4 Å². The molecule has 0 saturated heterocycles. The average Bonchev–Trinajstić information content (AvgIpc) is 2.78. The van der Waals surface area contributed by atoms with Crippen molar-refractivity contribution >= 4 is 11.9 Å². The molecule has 7 nitrogen and oxygen atoms in total. The van der Waals surface area contributed by atoms with Crippen molar-refractivity contribution in [3.63, 3.8) is 0 Å².